The summed E-state index contributed by atoms with van der Waals surface area (Å²) in [6.07, 6.45) is 2.19. The van der Waals surface area contributed by atoms with Crippen molar-refractivity contribution in [1.29, 1.82) is 0 Å². The van der Waals surface area contributed by atoms with Gasteiger partial charge in [-0.3, -0.25) is 0 Å². The van der Waals surface area contributed by atoms with Crippen molar-refractivity contribution in [3.05, 3.63) is 96.1 Å². The first-order valence-electron chi connectivity index (χ1n) is 20.5. The number of anilines is 10. The summed E-state index contributed by atoms with van der Waals surface area (Å²) in [5, 5.41) is 30.6. The summed E-state index contributed by atoms with van der Waals surface area (Å²) in [6.45, 7) is 0.623. The Morgan fingerprint density at radius 2 is 0.853 bits per heavy atom. The summed E-state index contributed by atoms with van der Waals surface area (Å²) in [4.78, 5) is 26.7. The van der Waals surface area contributed by atoms with Crippen LogP contribution >= 0.6 is 0 Å². The van der Waals surface area contributed by atoms with Gasteiger partial charge in [-0.1, -0.05) is 24.3 Å². The molecule has 0 spiro atoms. The Hall–Kier alpha value is -3.04. The zero-order chi connectivity index (χ0) is 51.1. The maximum absolute atomic E-state index is 12.7. The molecule has 7 rings (SSSR count). The number of benzene rings is 4. The predicted octanol–water partition coefficient (Wildman–Crippen LogP) is -10.5. The van der Waals surface area contributed by atoms with Crippen molar-refractivity contribution in [3.8, 4) is 0 Å². The van der Waals surface area contributed by atoms with E-state index >= 15 is 0 Å². The van der Waals surface area contributed by atoms with E-state index in [0.717, 1.165) is 48.6 Å². The molecule has 75 heavy (non-hydrogen) atoms. The number of ether oxygens (including phenoxy) is 1. The minimum absolute atomic E-state index is 0. The molecule has 35 heteroatoms. The summed E-state index contributed by atoms with van der Waals surface area (Å²) >= 11 is 0. The summed E-state index contributed by atoms with van der Waals surface area (Å²) in [6, 6.07) is 16.4. The maximum Gasteiger partial charge on any atom is 1.00 e. The Labute approximate surface area is 519 Å². The van der Waals surface area contributed by atoms with Crippen LogP contribution in [0.1, 0.15) is 11.1 Å². The number of nitrogens with one attached hydrogen (secondary N) is 4. The molecule has 2 aromatic heterocycles. The minimum Gasteiger partial charge on any atom is -0.744 e. The number of nitrogens with zero attached hydrogens (tertiary/aromatic N) is 8. The molecule has 0 bridgehead atoms. The Morgan fingerprint density at radius 1 is 0.507 bits per heavy atom. The van der Waals surface area contributed by atoms with Gasteiger partial charge in [0.15, 0.2) is 0 Å². The second kappa shape index (κ2) is 28.7. The number of hydrogen-bond donors (Lipinski definition) is 6. The topological polar surface area (TPSA) is 410 Å². The van der Waals surface area contributed by atoms with E-state index in [1.807, 2.05) is 0 Å². The summed E-state index contributed by atoms with van der Waals surface area (Å²) in [5.41, 5.74) is 0.0269. The molecule has 1 aliphatic rings. The van der Waals surface area contributed by atoms with E-state index in [-0.39, 0.29) is 208 Å². The van der Waals surface area contributed by atoms with Crippen LogP contribution in [-0.2, 0) is 45.2 Å². The Balaban J connectivity index is 0.00000371. The average Bonchev–Trinajstić information content (AvgIpc) is 3.30. The summed E-state index contributed by atoms with van der Waals surface area (Å²) in [5.74, 6) is -0.524. The number of aliphatic hydroxyl groups excluding tert-OH is 2. The SMILES string of the molecule is O=S(=O)([O-])c1ccc(Nc2nc(Nc3ccc(C=Cc4ccc(Nc5nc(Nc6ccc(S(=O)(=O)[O-])cc6)nc(N6CCOCC6)n5)cc4S(=O)(=O)[O-])c(S(=O)(=O)[O-])c3)nc(N(CCO)CCO)n2)cc1.[Na+].[Na+].[Na+].[Na+]. The molecule has 4 aromatic carbocycles. The monoisotopic (exact) mass is 1150 g/mol. The zero-order valence-corrected chi connectivity index (χ0v) is 51.6. The van der Waals surface area contributed by atoms with Crippen LogP contribution in [0, 0.1) is 0 Å². The molecule has 3 heterocycles. The van der Waals surface area contributed by atoms with Gasteiger partial charge in [-0.05, 0) is 83.9 Å². The molecular formula is C40H38N12Na4O15S4. The molecule has 6 aromatic rings. The molecule has 0 radical (unpaired) electrons. The number of morpholine rings is 1. The molecule has 0 atom stereocenters. The van der Waals surface area contributed by atoms with Gasteiger partial charge in [-0.15, -0.1) is 0 Å². The van der Waals surface area contributed by atoms with Gasteiger partial charge < -0.3 is 64.2 Å². The molecule has 0 saturated carbocycles. The van der Waals surface area contributed by atoms with Crippen LogP contribution < -0.4 is 149 Å². The fourth-order valence-corrected chi connectivity index (χ4v) is 8.92. The Bertz CT molecular complexity index is 3420. The van der Waals surface area contributed by atoms with Crippen LogP contribution in [0.3, 0.4) is 0 Å². The number of aliphatic hydroxyl groups is 2. The molecule has 1 saturated heterocycles. The fourth-order valence-electron chi connectivity index (χ4n) is 6.59. The van der Waals surface area contributed by atoms with E-state index in [4.69, 9.17) is 4.74 Å². The summed E-state index contributed by atoms with van der Waals surface area (Å²) in [7, 11) is -20.0. The van der Waals surface area contributed by atoms with Gasteiger partial charge in [0.1, 0.15) is 40.5 Å². The van der Waals surface area contributed by atoms with Crippen LogP contribution in [0.4, 0.5) is 58.4 Å². The second-order valence-electron chi connectivity index (χ2n) is 14.8. The average molecular weight is 1150 g/mol. The van der Waals surface area contributed by atoms with Crippen LogP contribution in [0.2, 0.25) is 0 Å². The Morgan fingerprint density at radius 3 is 1.20 bits per heavy atom. The molecule has 0 amide bonds. The minimum atomic E-state index is -5.27. The first kappa shape index (κ1) is 66.2. The van der Waals surface area contributed by atoms with Gasteiger partial charge in [-0.25, -0.2) is 33.7 Å². The fraction of sp³-hybridized carbons (Fsp3) is 0.200. The van der Waals surface area contributed by atoms with Crippen molar-refractivity contribution in [1.82, 2.24) is 29.9 Å². The van der Waals surface area contributed by atoms with Gasteiger partial charge in [0.05, 0.1) is 46.0 Å². The molecule has 1 aliphatic heterocycles. The Kier molecular flexibility index (Phi) is 25.4. The first-order valence-corrected chi connectivity index (χ1v) is 26.1. The molecular weight excluding hydrogens is 1110 g/mol. The first-order chi connectivity index (χ1) is 33.5. The molecule has 0 aliphatic carbocycles. The van der Waals surface area contributed by atoms with E-state index in [1.54, 1.807) is 4.90 Å². The van der Waals surface area contributed by atoms with Crippen molar-refractivity contribution in [2.24, 2.45) is 0 Å². The van der Waals surface area contributed by atoms with E-state index in [1.165, 1.54) is 53.4 Å². The van der Waals surface area contributed by atoms with Crippen LogP contribution in [0.5, 0.6) is 0 Å². The second-order valence-corrected chi connectivity index (χ2v) is 20.3. The molecule has 1 fully saturated rings. The normalized spacial score (nSPS) is 12.8. The number of aromatic nitrogens is 6. The molecule has 376 valence electrons. The molecule has 6 N–H and O–H groups in total. The predicted molar refractivity (Wildman–Crippen MR) is 249 cm³/mol. The van der Waals surface area contributed by atoms with E-state index < -0.39 is 60.1 Å². The van der Waals surface area contributed by atoms with Crippen molar-refractivity contribution >= 4 is 111 Å². The maximum atomic E-state index is 12.7. The van der Waals surface area contributed by atoms with Crippen LogP contribution in [0.15, 0.2) is 105 Å². The van der Waals surface area contributed by atoms with Crippen molar-refractivity contribution in [2.75, 3.05) is 83.7 Å². The van der Waals surface area contributed by atoms with E-state index in [9.17, 15) is 62.1 Å². The third-order valence-electron chi connectivity index (χ3n) is 9.88. The van der Waals surface area contributed by atoms with Crippen molar-refractivity contribution in [3.63, 3.8) is 0 Å². The van der Waals surface area contributed by atoms with Gasteiger partial charge >= 0.3 is 118 Å². The number of rotatable bonds is 20. The third kappa shape index (κ3) is 18.8. The van der Waals surface area contributed by atoms with Gasteiger partial charge in [0.2, 0.25) is 35.7 Å². The van der Waals surface area contributed by atoms with E-state index in [2.05, 4.69) is 51.2 Å². The summed E-state index contributed by atoms with van der Waals surface area (Å²) < 4.78 is 150. The quantitative estimate of drug-likeness (QED) is 0.0235. The number of hydrogen-bond acceptors (Lipinski definition) is 27. The molecule has 0 unspecified atom stereocenters. The van der Waals surface area contributed by atoms with Gasteiger partial charge in [-0.2, -0.15) is 29.9 Å². The third-order valence-corrected chi connectivity index (χ3v) is 13.4. The largest absolute Gasteiger partial charge is 1.00 e. The smallest absolute Gasteiger partial charge is 0.744 e. The van der Waals surface area contributed by atoms with E-state index in [0.29, 0.717) is 32.0 Å². The van der Waals surface area contributed by atoms with Gasteiger partial charge in [0, 0.05) is 48.9 Å². The van der Waals surface area contributed by atoms with Crippen LogP contribution in [0.25, 0.3) is 12.2 Å². The van der Waals surface area contributed by atoms with Crippen LogP contribution in [-0.4, -0.2) is 145 Å². The standard InChI is InChI=1S/C40H42N12O15S4.4Na/c53-19-15-51(16-20-54)39-47-35(41-27-7-11-31(12-8-27)68(55,56)57)45-37(49-39)43-29-5-3-25(33(23-29)70(61,62)63)1-2-26-4-6-30(24-34(26)71(64,65)66)44-38-46-36(48-40(50-38)52-17-21-67-22-18-52)42-28-9-13-32(14-10-28)69(58,59)60;;;;/h1-14,23-24,53-54H,15-22H2,(H,55,56,57)(H,58,59,60)(H,61,62,63)(H,64,65,66)(H2,41,43,45,47,49)(H2,42,44,46,48,50);;;;/q;4*+1/p-4. The zero-order valence-electron chi connectivity index (χ0n) is 40.3. The molecule has 27 nitrogen and oxygen atoms in total. The van der Waals surface area contributed by atoms with Crippen molar-refractivity contribution in [2.45, 2.75) is 19.6 Å². The van der Waals surface area contributed by atoms with Crippen molar-refractivity contribution < 1.29 is 185 Å². The van der Waals surface area contributed by atoms with Gasteiger partial charge in [0.25, 0.3) is 0 Å².